The van der Waals surface area contributed by atoms with E-state index in [2.05, 4.69) is 11.9 Å². The molecule has 4 nitrogen and oxygen atoms in total. The lowest BCUT2D eigenvalue weighted by Gasteiger charge is -2.17. The summed E-state index contributed by atoms with van der Waals surface area (Å²) in [5, 5.41) is 4.56. The Bertz CT molecular complexity index is 716. The summed E-state index contributed by atoms with van der Waals surface area (Å²) < 4.78 is 4.74. The first kappa shape index (κ1) is 15.8. The summed E-state index contributed by atoms with van der Waals surface area (Å²) in [6, 6.07) is 12.4. The quantitative estimate of drug-likeness (QED) is 0.681. The molecule has 2 rings (SSSR count). The van der Waals surface area contributed by atoms with Crippen LogP contribution < -0.4 is 5.32 Å². The molecule has 0 bridgehead atoms. The van der Waals surface area contributed by atoms with E-state index in [1.807, 2.05) is 36.4 Å². The Hall–Kier alpha value is -2.62. The van der Waals surface area contributed by atoms with Crippen molar-refractivity contribution in [2.24, 2.45) is 0 Å². The lowest BCUT2D eigenvalue weighted by Crippen LogP contribution is -2.41. The van der Waals surface area contributed by atoms with Gasteiger partial charge in [-0.2, -0.15) is 0 Å². The summed E-state index contributed by atoms with van der Waals surface area (Å²) in [6.45, 7) is 5.59. The summed E-state index contributed by atoms with van der Waals surface area (Å²) >= 11 is 0. The highest BCUT2D eigenvalue weighted by molar-refractivity contribution is 6.07. The van der Waals surface area contributed by atoms with Crippen LogP contribution in [0.1, 0.15) is 23.7 Å². The van der Waals surface area contributed by atoms with Crippen molar-refractivity contribution in [2.45, 2.75) is 19.4 Å². The Balaban J connectivity index is 2.29. The van der Waals surface area contributed by atoms with Gasteiger partial charge in [0.15, 0.2) is 0 Å². The smallest absolute Gasteiger partial charge is 0.328 e. The van der Waals surface area contributed by atoms with Crippen molar-refractivity contribution < 1.29 is 14.3 Å². The van der Waals surface area contributed by atoms with Crippen molar-refractivity contribution in [3.05, 3.63) is 60.2 Å². The zero-order valence-electron chi connectivity index (χ0n) is 12.8. The first-order valence-electron chi connectivity index (χ1n) is 7.03. The molecular formula is C18H19NO3. The van der Waals surface area contributed by atoms with Gasteiger partial charge in [0.2, 0.25) is 0 Å². The van der Waals surface area contributed by atoms with E-state index in [0.29, 0.717) is 12.0 Å². The van der Waals surface area contributed by atoms with Gasteiger partial charge in [-0.25, -0.2) is 4.79 Å². The van der Waals surface area contributed by atoms with Gasteiger partial charge in [-0.3, -0.25) is 4.79 Å². The molecule has 22 heavy (non-hydrogen) atoms. The van der Waals surface area contributed by atoms with Crippen LogP contribution in [0.15, 0.2) is 54.6 Å². The van der Waals surface area contributed by atoms with Gasteiger partial charge >= 0.3 is 5.97 Å². The lowest BCUT2D eigenvalue weighted by atomic mass is 10.0. The van der Waals surface area contributed by atoms with Crippen LogP contribution in [0.4, 0.5) is 0 Å². The number of esters is 1. The van der Waals surface area contributed by atoms with Crippen molar-refractivity contribution in [1.29, 1.82) is 0 Å². The predicted octanol–water partition coefficient (Wildman–Crippen LogP) is 3.08. The van der Waals surface area contributed by atoms with E-state index in [9.17, 15) is 9.59 Å². The number of hydrogen-bond donors (Lipinski definition) is 1. The third-order valence-corrected chi connectivity index (χ3v) is 3.38. The second kappa shape index (κ2) is 6.89. The van der Waals surface area contributed by atoms with E-state index in [1.54, 1.807) is 13.0 Å². The number of nitrogens with one attached hydrogen (secondary N) is 1. The highest BCUT2D eigenvalue weighted by Crippen LogP contribution is 2.18. The van der Waals surface area contributed by atoms with E-state index in [0.717, 1.165) is 16.3 Å². The molecule has 114 valence electrons. The third-order valence-electron chi connectivity index (χ3n) is 3.38. The fourth-order valence-corrected chi connectivity index (χ4v) is 2.34. The topological polar surface area (TPSA) is 55.4 Å². The molecule has 0 unspecified atom stereocenters. The molecule has 2 aromatic rings. The van der Waals surface area contributed by atoms with Crippen LogP contribution in [0.25, 0.3) is 10.8 Å². The number of benzene rings is 2. The number of methoxy groups -OCH3 is 1. The number of ether oxygens (including phenoxy) is 1. The first-order chi connectivity index (χ1) is 10.5. The maximum absolute atomic E-state index is 12.5. The zero-order valence-corrected chi connectivity index (χ0v) is 12.8. The Kier molecular flexibility index (Phi) is 4.94. The number of amides is 1. The number of rotatable bonds is 5. The maximum Gasteiger partial charge on any atom is 0.328 e. The highest BCUT2D eigenvalue weighted by atomic mass is 16.5. The lowest BCUT2D eigenvalue weighted by molar-refractivity contribution is -0.142. The standard InChI is InChI=1S/C18H19NO3/c1-12(2)11-16(18(21)22-3)19-17(20)15-10-6-8-13-7-4-5-9-14(13)15/h4-10,16H,1,11H2,2-3H3,(H,19,20)/t16-/m0/s1. The predicted molar refractivity (Wildman–Crippen MR) is 86.6 cm³/mol. The molecule has 0 aromatic heterocycles. The molecule has 0 fully saturated rings. The Morgan fingerprint density at radius 2 is 1.86 bits per heavy atom. The van der Waals surface area contributed by atoms with Gasteiger partial charge in [-0.15, -0.1) is 6.58 Å². The van der Waals surface area contributed by atoms with Gasteiger partial charge in [0.05, 0.1) is 7.11 Å². The molecule has 4 heteroatoms. The van der Waals surface area contributed by atoms with Crippen LogP contribution in [0.2, 0.25) is 0 Å². The molecule has 1 atom stereocenters. The molecule has 0 aliphatic rings. The van der Waals surface area contributed by atoms with Gasteiger partial charge in [-0.05, 0) is 30.2 Å². The maximum atomic E-state index is 12.5. The second-order valence-electron chi connectivity index (χ2n) is 5.24. The molecule has 0 heterocycles. The normalized spacial score (nSPS) is 11.7. The molecule has 0 saturated carbocycles. The van der Waals surface area contributed by atoms with Gasteiger partial charge in [0, 0.05) is 5.56 Å². The van der Waals surface area contributed by atoms with E-state index in [1.165, 1.54) is 7.11 Å². The summed E-state index contributed by atoms with van der Waals surface area (Å²) in [5.74, 6) is -0.773. The monoisotopic (exact) mass is 297 g/mol. The summed E-state index contributed by atoms with van der Waals surface area (Å²) in [5.41, 5.74) is 1.34. The highest BCUT2D eigenvalue weighted by Gasteiger charge is 2.22. The SMILES string of the molecule is C=C(C)C[C@H](NC(=O)c1cccc2ccccc12)C(=O)OC. The molecule has 0 saturated heterocycles. The van der Waals surface area contributed by atoms with Crippen molar-refractivity contribution >= 4 is 22.6 Å². The number of carbonyl (C=O) groups is 2. The number of fused-ring (bicyclic) bond motifs is 1. The van der Waals surface area contributed by atoms with E-state index < -0.39 is 12.0 Å². The van der Waals surface area contributed by atoms with Gasteiger partial charge < -0.3 is 10.1 Å². The molecular weight excluding hydrogens is 278 g/mol. The number of hydrogen-bond acceptors (Lipinski definition) is 3. The largest absolute Gasteiger partial charge is 0.467 e. The molecule has 1 N–H and O–H groups in total. The van der Waals surface area contributed by atoms with Crippen molar-refractivity contribution in [1.82, 2.24) is 5.32 Å². The minimum Gasteiger partial charge on any atom is -0.467 e. The fourth-order valence-electron chi connectivity index (χ4n) is 2.34. The van der Waals surface area contributed by atoms with E-state index >= 15 is 0 Å². The van der Waals surface area contributed by atoms with Gasteiger partial charge in [0.25, 0.3) is 5.91 Å². The van der Waals surface area contributed by atoms with Crippen LogP contribution in [-0.4, -0.2) is 25.0 Å². The van der Waals surface area contributed by atoms with Crippen LogP contribution in [0.3, 0.4) is 0 Å². The minimum absolute atomic E-state index is 0.298. The molecule has 0 radical (unpaired) electrons. The minimum atomic E-state index is -0.728. The van der Waals surface area contributed by atoms with Crippen LogP contribution in [0.5, 0.6) is 0 Å². The second-order valence-corrected chi connectivity index (χ2v) is 5.24. The molecule has 0 spiro atoms. The molecule has 0 aliphatic heterocycles. The Labute approximate surface area is 129 Å². The molecule has 0 aliphatic carbocycles. The average Bonchev–Trinajstić information content (AvgIpc) is 2.52. The van der Waals surface area contributed by atoms with E-state index in [4.69, 9.17) is 4.74 Å². The first-order valence-corrected chi connectivity index (χ1v) is 7.03. The van der Waals surface area contributed by atoms with E-state index in [-0.39, 0.29) is 5.91 Å². The van der Waals surface area contributed by atoms with Crippen molar-refractivity contribution in [3.8, 4) is 0 Å². The van der Waals surface area contributed by atoms with Crippen molar-refractivity contribution in [2.75, 3.05) is 7.11 Å². The number of carbonyl (C=O) groups excluding carboxylic acids is 2. The molecule has 2 aromatic carbocycles. The Morgan fingerprint density at radius 3 is 2.55 bits per heavy atom. The summed E-state index contributed by atoms with van der Waals surface area (Å²) in [6.07, 6.45) is 0.350. The zero-order chi connectivity index (χ0) is 16.1. The van der Waals surface area contributed by atoms with Crippen LogP contribution in [0, 0.1) is 0 Å². The van der Waals surface area contributed by atoms with Gasteiger partial charge in [-0.1, -0.05) is 42.0 Å². The Morgan fingerprint density at radius 1 is 1.18 bits per heavy atom. The van der Waals surface area contributed by atoms with Crippen LogP contribution in [-0.2, 0) is 9.53 Å². The summed E-state index contributed by atoms with van der Waals surface area (Å²) in [4.78, 5) is 24.3. The van der Waals surface area contributed by atoms with Gasteiger partial charge in [0.1, 0.15) is 6.04 Å². The average molecular weight is 297 g/mol. The molecule has 1 amide bonds. The van der Waals surface area contributed by atoms with Crippen LogP contribution >= 0.6 is 0 Å². The van der Waals surface area contributed by atoms with Crippen molar-refractivity contribution in [3.63, 3.8) is 0 Å². The third kappa shape index (κ3) is 3.52. The fraction of sp³-hybridized carbons (Fsp3) is 0.222. The summed E-state index contributed by atoms with van der Waals surface area (Å²) in [7, 11) is 1.30.